The number of nitrogens with zero attached hydrogens (tertiary/aromatic N) is 2. The van der Waals surface area contributed by atoms with Gasteiger partial charge in [-0.1, -0.05) is 100 Å². The summed E-state index contributed by atoms with van der Waals surface area (Å²) < 4.78 is 0. The van der Waals surface area contributed by atoms with Crippen LogP contribution in [0, 0.1) is 13.8 Å². The van der Waals surface area contributed by atoms with E-state index in [0.717, 1.165) is 69.4 Å². The second-order valence-corrected chi connectivity index (χ2v) is 14.1. The van der Waals surface area contributed by atoms with E-state index >= 15 is 0 Å². The molecule has 0 radical (unpaired) electrons. The van der Waals surface area contributed by atoms with Gasteiger partial charge in [-0.3, -0.25) is 4.90 Å². The molecule has 0 atom stereocenters. The van der Waals surface area contributed by atoms with Gasteiger partial charge in [-0.25, -0.2) is 0 Å². The maximum absolute atomic E-state index is 11.9. The third-order valence-corrected chi connectivity index (χ3v) is 9.34. The van der Waals surface area contributed by atoms with E-state index in [-0.39, 0.29) is 0 Å². The molecule has 0 aromatic heterocycles. The molecule has 4 heteroatoms. The minimum atomic E-state index is 0.337. The molecule has 246 valence electrons. The lowest BCUT2D eigenvalue weighted by Crippen LogP contribution is -2.33. The van der Waals surface area contributed by atoms with Crippen molar-refractivity contribution in [1.82, 2.24) is 9.80 Å². The third kappa shape index (κ3) is 7.72. The molecule has 0 heterocycles. The summed E-state index contributed by atoms with van der Waals surface area (Å²) in [5, 5.41) is 25.9. The lowest BCUT2D eigenvalue weighted by molar-refractivity contribution is 0.233. The maximum Gasteiger partial charge on any atom is 0.127 e. The summed E-state index contributed by atoms with van der Waals surface area (Å²) in [4.78, 5) is 4.61. The van der Waals surface area contributed by atoms with Gasteiger partial charge in [0.1, 0.15) is 11.5 Å². The summed E-state index contributed by atoms with van der Waals surface area (Å²) in [6.45, 7) is 16.3. The summed E-state index contributed by atoms with van der Waals surface area (Å²) >= 11 is 0. The first-order valence-corrected chi connectivity index (χ1v) is 17.1. The van der Waals surface area contributed by atoms with Gasteiger partial charge in [0.15, 0.2) is 0 Å². The van der Waals surface area contributed by atoms with Gasteiger partial charge in [-0.15, -0.1) is 0 Å². The molecule has 0 bridgehead atoms. The monoisotopic (exact) mass is 628 g/mol. The van der Waals surface area contributed by atoms with Gasteiger partial charge in [-0.2, -0.15) is 0 Å². The van der Waals surface area contributed by atoms with Crippen LogP contribution in [0.1, 0.15) is 72.9 Å². The van der Waals surface area contributed by atoms with Gasteiger partial charge in [-0.05, 0) is 108 Å². The zero-order chi connectivity index (χ0) is 33.8. The molecule has 4 nitrogen and oxygen atoms in total. The van der Waals surface area contributed by atoms with Crippen molar-refractivity contribution in [3.63, 3.8) is 0 Å². The number of aryl methyl sites for hydroxylation is 2. The average molecular weight is 629 g/mol. The predicted octanol–water partition coefficient (Wildman–Crippen LogP) is 10.1. The highest BCUT2D eigenvalue weighted by Gasteiger charge is 2.22. The van der Waals surface area contributed by atoms with E-state index in [4.69, 9.17) is 0 Å². The van der Waals surface area contributed by atoms with Crippen molar-refractivity contribution < 1.29 is 10.2 Å². The Labute approximate surface area is 282 Å². The van der Waals surface area contributed by atoms with E-state index in [0.29, 0.717) is 36.3 Å². The minimum absolute atomic E-state index is 0.337. The van der Waals surface area contributed by atoms with Crippen LogP contribution in [0.25, 0.3) is 33.0 Å². The Bertz CT molecular complexity index is 1820. The predicted molar refractivity (Wildman–Crippen MR) is 200 cm³/mol. The number of rotatable bonds is 12. The molecule has 0 aliphatic rings. The zero-order valence-electron chi connectivity index (χ0n) is 29.6. The molecule has 0 aliphatic carbocycles. The van der Waals surface area contributed by atoms with Crippen LogP contribution in [-0.4, -0.2) is 53.7 Å². The fourth-order valence-corrected chi connectivity index (χ4v) is 6.87. The van der Waals surface area contributed by atoms with Crippen LogP contribution in [0.5, 0.6) is 11.5 Å². The molecule has 0 fully saturated rings. The van der Waals surface area contributed by atoms with Gasteiger partial charge in [0.05, 0.1) is 0 Å². The molecule has 0 amide bonds. The van der Waals surface area contributed by atoms with E-state index in [1.54, 1.807) is 0 Å². The first-order chi connectivity index (χ1) is 22.4. The van der Waals surface area contributed by atoms with Crippen molar-refractivity contribution in [3.05, 3.63) is 118 Å². The molecule has 47 heavy (non-hydrogen) atoms. The molecule has 5 aromatic carbocycles. The largest absolute Gasteiger partial charge is 0.507 e. The SMILES string of the molecule is Cc1cc(CN(CCc2cc(C)cc(-c3cccc4ccccc34)c2O)CCN(C)C)c(O)c(-c2c(C(C)C)cccc2C(C)C)c1. The lowest BCUT2D eigenvalue weighted by atomic mass is 9.83. The number of fused-ring (bicyclic) bond motifs is 1. The molecule has 0 saturated carbocycles. The first kappa shape index (κ1) is 34.2. The van der Waals surface area contributed by atoms with Crippen molar-refractivity contribution in [2.75, 3.05) is 33.7 Å². The minimum Gasteiger partial charge on any atom is -0.507 e. The summed E-state index contributed by atoms with van der Waals surface area (Å²) in [6, 6.07) is 29.7. The highest BCUT2D eigenvalue weighted by molar-refractivity contribution is 5.98. The molecule has 5 aromatic rings. The second kappa shape index (κ2) is 14.8. The van der Waals surface area contributed by atoms with Crippen molar-refractivity contribution in [2.45, 2.75) is 66.3 Å². The second-order valence-electron chi connectivity index (χ2n) is 14.1. The molecular weight excluding hydrogens is 576 g/mol. The maximum atomic E-state index is 11.9. The van der Waals surface area contributed by atoms with Crippen molar-refractivity contribution in [1.29, 1.82) is 0 Å². The lowest BCUT2D eigenvalue weighted by Gasteiger charge is -2.27. The van der Waals surface area contributed by atoms with Gasteiger partial charge >= 0.3 is 0 Å². The molecule has 2 N–H and O–H groups in total. The number of aromatic hydroxyl groups is 2. The molecule has 5 rings (SSSR count). The standard InChI is InChI=1S/C43H52N2O2/c1-28(2)35-16-12-17-36(29(3)4)41(35)40-26-31(6)24-34(43(40)47)27-45(22-21-44(7)8)20-19-33-23-30(5)25-39(42(33)46)38-18-11-14-32-13-9-10-15-37(32)38/h9-18,23-26,28-29,46-47H,19-22,27H2,1-8H3. The summed E-state index contributed by atoms with van der Waals surface area (Å²) in [5.41, 5.74) is 10.7. The number of hydrogen-bond donors (Lipinski definition) is 2. The highest BCUT2D eigenvalue weighted by atomic mass is 16.3. The average Bonchev–Trinajstić information content (AvgIpc) is 3.04. The Kier molecular flexibility index (Phi) is 10.7. The summed E-state index contributed by atoms with van der Waals surface area (Å²) in [5.74, 6) is 1.40. The molecule has 0 unspecified atom stereocenters. The van der Waals surface area contributed by atoms with Gasteiger partial charge < -0.3 is 15.1 Å². The first-order valence-electron chi connectivity index (χ1n) is 17.1. The Balaban J connectivity index is 1.49. The number of phenols is 2. The van der Waals surface area contributed by atoms with Crippen LogP contribution >= 0.6 is 0 Å². The summed E-state index contributed by atoms with van der Waals surface area (Å²) in [6.07, 6.45) is 0.700. The van der Waals surface area contributed by atoms with Crippen LogP contribution < -0.4 is 0 Å². The Morgan fingerprint density at radius 1 is 0.596 bits per heavy atom. The molecule has 0 saturated heterocycles. The fraction of sp³-hybridized carbons (Fsp3) is 0.349. The van der Waals surface area contributed by atoms with E-state index in [2.05, 4.69) is 150 Å². The Hall–Kier alpha value is -4.12. The topological polar surface area (TPSA) is 46.9 Å². The quantitative estimate of drug-likeness (QED) is 0.144. The number of likely N-dealkylation sites (N-methyl/N-ethyl adjacent to an activating group) is 1. The smallest absolute Gasteiger partial charge is 0.127 e. The normalized spacial score (nSPS) is 11.9. The number of hydrogen-bond acceptors (Lipinski definition) is 4. The van der Waals surface area contributed by atoms with Crippen LogP contribution in [0.2, 0.25) is 0 Å². The van der Waals surface area contributed by atoms with Gasteiger partial charge in [0.25, 0.3) is 0 Å². The fourth-order valence-electron chi connectivity index (χ4n) is 6.87. The number of phenolic OH excluding ortho intramolecular Hbond substituents is 2. The Morgan fingerprint density at radius 2 is 1.17 bits per heavy atom. The summed E-state index contributed by atoms with van der Waals surface area (Å²) in [7, 11) is 4.19. The van der Waals surface area contributed by atoms with Crippen molar-refractivity contribution in [2.24, 2.45) is 0 Å². The van der Waals surface area contributed by atoms with E-state index in [1.165, 1.54) is 16.7 Å². The van der Waals surface area contributed by atoms with Crippen molar-refractivity contribution >= 4 is 10.8 Å². The van der Waals surface area contributed by atoms with Crippen LogP contribution in [0.3, 0.4) is 0 Å². The van der Waals surface area contributed by atoms with E-state index < -0.39 is 0 Å². The van der Waals surface area contributed by atoms with E-state index in [9.17, 15) is 10.2 Å². The molecule has 0 aliphatic heterocycles. The van der Waals surface area contributed by atoms with Crippen LogP contribution in [0.4, 0.5) is 0 Å². The van der Waals surface area contributed by atoms with Crippen LogP contribution in [0.15, 0.2) is 84.9 Å². The highest BCUT2D eigenvalue weighted by Crippen LogP contribution is 2.43. The third-order valence-electron chi connectivity index (χ3n) is 9.34. The molecular formula is C43H52N2O2. The van der Waals surface area contributed by atoms with Gasteiger partial charge in [0.2, 0.25) is 0 Å². The Morgan fingerprint density at radius 3 is 1.83 bits per heavy atom. The molecule has 0 spiro atoms. The van der Waals surface area contributed by atoms with Crippen LogP contribution in [-0.2, 0) is 13.0 Å². The number of benzene rings is 5. The van der Waals surface area contributed by atoms with E-state index in [1.807, 2.05) is 0 Å². The zero-order valence-corrected chi connectivity index (χ0v) is 29.6. The van der Waals surface area contributed by atoms with Crippen molar-refractivity contribution in [3.8, 4) is 33.8 Å². The van der Waals surface area contributed by atoms with Gasteiger partial charge in [0, 0.05) is 42.9 Å².